The molecular weight excluding hydrogens is 383 g/mol. The molecule has 7 heteroatoms. The lowest BCUT2D eigenvalue weighted by Crippen LogP contribution is -3.00. The van der Waals surface area contributed by atoms with Crippen LogP contribution < -0.4 is 21.7 Å². The van der Waals surface area contributed by atoms with E-state index in [2.05, 4.69) is 9.97 Å². The second-order valence-corrected chi connectivity index (χ2v) is 5.58. The Hall–Kier alpha value is -1.86. The third-order valence-corrected chi connectivity index (χ3v) is 4.06. The Bertz CT molecular complexity index is 805. The number of carbonyl (C=O) groups excluding carboxylic acids is 1. The van der Waals surface area contributed by atoms with Gasteiger partial charge in [0.25, 0.3) is 0 Å². The Balaban J connectivity index is 0.00000192. The van der Waals surface area contributed by atoms with E-state index in [1.807, 2.05) is 24.3 Å². The number of ketones is 1. The summed E-state index contributed by atoms with van der Waals surface area (Å²) in [6, 6.07) is 11.8. The molecule has 0 bridgehead atoms. The predicted octanol–water partition coefficient (Wildman–Crippen LogP) is 0.690. The number of aromatic amines is 1. The van der Waals surface area contributed by atoms with E-state index < -0.39 is 5.82 Å². The minimum atomic E-state index is -0.574. The fraction of sp³-hybridized carbons (Fsp3) is 0.125. The van der Waals surface area contributed by atoms with Crippen LogP contribution in [0.15, 0.2) is 47.6 Å². The van der Waals surface area contributed by atoms with Crippen LogP contribution in [0.25, 0.3) is 11.0 Å². The maximum absolute atomic E-state index is 13.8. The first-order valence-corrected chi connectivity index (χ1v) is 7.60. The van der Waals surface area contributed by atoms with Crippen molar-refractivity contribution < 1.29 is 30.9 Å². The molecule has 0 atom stereocenters. The molecule has 23 heavy (non-hydrogen) atoms. The first-order chi connectivity index (χ1) is 10.7. The summed E-state index contributed by atoms with van der Waals surface area (Å²) in [5.74, 6) is -0.359. The van der Waals surface area contributed by atoms with Gasteiger partial charge in [-0.05, 0) is 24.3 Å². The Kier molecular flexibility index (Phi) is 5.79. The molecule has 120 valence electrons. The minimum absolute atomic E-state index is 0. The van der Waals surface area contributed by atoms with Gasteiger partial charge >= 0.3 is 0 Å². The second-order valence-electron chi connectivity index (χ2n) is 4.62. The summed E-state index contributed by atoms with van der Waals surface area (Å²) in [7, 11) is 1.45. The molecule has 0 aliphatic rings. The molecule has 2 aromatic carbocycles. The molecule has 0 fully saturated rings. The SMILES string of the molecule is COc1ccc(C(=O)CSc2nc3ccccc3[nH]2)c(F)c1.[Br-]. The molecule has 0 saturated heterocycles. The van der Waals surface area contributed by atoms with Gasteiger partial charge in [0.05, 0.1) is 29.5 Å². The number of thioether (sulfide) groups is 1. The maximum Gasteiger partial charge on any atom is 0.176 e. The van der Waals surface area contributed by atoms with Crippen LogP contribution in [-0.2, 0) is 0 Å². The molecule has 1 aromatic heterocycles. The van der Waals surface area contributed by atoms with Crippen molar-refractivity contribution in [1.29, 1.82) is 0 Å². The third-order valence-electron chi connectivity index (χ3n) is 3.18. The van der Waals surface area contributed by atoms with Crippen LogP contribution >= 0.6 is 11.8 Å². The Morgan fingerprint density at radius 3 is 2.78 bits per heavy atom. The summed E-state index contributed by atoms with van der Waals surface area (Å²) >= 11 is 1.25. The van der Waals surface area contributed by atoms with Crippen LogP contribution in [0.5, 0.6) is 5.75 Å². The molecule has 0 unspecified atom stereocenters. The number of methoxy groups -OCH3 is 1. The number of hydrogen-bond donors (Lipinski definition) is 1. The highest BCUT2D eigenvalue weighted by Gasteiger charge is 2.14. The van der Waals surface area contributed by atoms with E-state index >= 15 is 0 Å². The van der Waals surface area contributed by atoms with Crippen molar-refractivity contribution in [3.63, 3.8) is 0 Å². The maximum atomic E-state index is 13.8. The van der Waals surface area contributed by atoms with Crippen LogP contribution in [0.1, 0.15) is 10.4 Å². The van der Waals surface area contributed by atoms with E-state index in [1.165, 1.54) is 31.0 Å². The van der Waals surface area contributed by atoms with Gasteiger partial charge in [-0.2, -0.15) is 0 Å². The number of imidazole rings is 1. The number of fused-ring (bicyclic) bond motifs is 1. The van der Waals surface area contributed by atoms with Gasteiger partial charge in [0.2, 0.25) is 0 Å². The number of aromatic nitrogens is 2. The first kappa shape index (κ1) is 17.5. The van der Waals surface area contributed by atoms with Crippen molar-refractivity contribution in [3.05, 3.63) is 53.8 Å². The van der Waals surface area contributed by atoms with Crippen molar-refractivity contribution in [1.82, 2.24) is 9.97 Å². The number of halogens is 2. The zero-order valence-corrected chi connectivity index (χ0v) is 14.6. The number of hydrogen-bond acceptors (Lipinski definition) is 4. The van der Waals surface area contributed by atoms with Gasteiger partial charge in [-0.15, -0.1) is 0 Å². The number of nitrogens with one attached hydrogen (secondary N) is 1. The van der Waals surface area contributed by atoms with Crippen LogP contribution in [0.2, 0.25) is 0 Å². The number of benzene rings is 2. The molecule has 3 rings (SSSR count). The van der Waals surface area contributed by atoms with E-state index in [-0.39, 0.29) is 34.1 Å². The standard InChI is InChI=1S/C16H13FN2O2S.BrH/c1-21-10-6-7-11(12(17)8-10)15(20)9-22-16-18-13-4-2-3-5-14(13)19-16;/h2-8H,9H2,1H3,(H,18,19);1H/p-1. The molecule has 3 aromatic rings. The molecule has 1 N–H and O–H groups in total. The molecule has 0 spiro atoms. The Morgan fingerprint density at radius 2 is 2.09 bits per heavy atom. The minimum Gasteiger partial charge on any atom is -1.00 e. The van der Waals surface area contributed by atoms with E-state index in [0.29, 0.717) is 10.9 Å². The highest BCUT2D eigenvalue weighted by molar-refractivity contribution is 7.99. The molecule has 4 nitrogen and oxygen atoms in total. The van der Waals surface area contributed by atoms with E-state index in [1.54, 1.807) is 6.07 Å². The topological polar surface area (TPSA) is 55.0 Å². The number of H-pyrrole nitrogens is 1. The number of rotatable bonds is 5. The van der Waals surface area contributed by atoms with Crippen LogP contribution in [0, 0.1) is 5.82 Å². The quantitative estimate of drug-likeness (QED) is 0.510. The summed E-state index contributed by atoms with van der Waals surface area (Å²) in [6.07, 6.45) is 0. The highest BCUT2D eigenvalue weighted by Crippen LogP contribution is 2.22. The van der Waals surface area contributed by atoms with Gasteiger partial charge in [-0.1, -0.05) is 23.9 Å². The lowest BCUT2D eigenvalue weighted by molar-refractivity contribution is -0.0000135. The first-order valence-electron chi connectivity index (χ1n) is 6.61. The van der Waals surface area contributed by atoms with E-state index in [4.69, 9.17) is 4.74 Å². The summed E-state index contributed by atoms with van der Waals surface area (Å²) in [5.41, 5.74) is 1.81. The van der Waals surface area contributed by atoms with E-state index in [9.17, 15) is 9.18 Å². The van der Waals surface area contributed by atoms with Gasteiger partial charge in [-0.25, -0.2) is 9.37 Å². The Morgan fingerprint density at radius 1 is 1.30 bits per heavy atom. The number of ether oxygens (including phenoxy) is 1. The normalized spacial score (nSPS) is 10.3. The monoisotopic (exact) mass is 395 g/mol. The molecule has 1 heterocycles. The lowest BCUT2D eigenvalue weighted by atomic mass is 10.1. The van der Waals surface area contributed by atoms with Gasteiger partial charge in [-0.3, -0.25) is 4.79 Å². The zero-order valence-electron chi connectivity index (χ0n) is 12.2. The number of carbonyl (C=O) groups is 1. The fourth-order valence-electron chi connectivity index (χ4n) is 2.06. The smallest absolute Gasteiger partial charge is 0.176 e. The summed E-state index contributed by atoms with van der Waals surface area (Å²) in [4.78, 5) is 19.6. The van der Waals surface area contributed by atoms with Gasteiger partial charge < -0.3 is 26.7 Å². The van der Waals surface area contributed by atoms with Crippen molar-refractivity contribution in [2.75, 3.05) is 12.9 Å². The van der Waals surface area contributed by atoms with Crippen molar-refractivity contribution in [3.8, 4) is 5.75 Å². The van der Waals surface area contributed by atoms with Crippen LogP contribution in [0.3, 0.4) is 0 Å². The van der Waals surface area contributed by atoms with Crippen LogP contribution in [-0.4, -0.2) is 28.6 Å². The summed E-state index contributed by atoms with van der Waals surface area (Å²) < 4.78 is 18.8. The predicted molar refractivity (Wildman–Crippen MR) is 84.1 cm³/mol. The lowest BCUT2D eigenvalue weighted by Gasteiger charge is -2.04. The largest absolute Gasteiger partial charge is 1.00 e. The van der Waals surface area contributed by atoms with Gasteiger partial charge in [0, 0.05) is 6.07 Å². The molecule has 0 saturated carbocycles. The molecule has 0 aliphatic carbocycles. The fourth-order valence-corrected chi connectivity index (χ4v) is 2.83. The van der Waals surface area contributed by atoms with Crippen molar-refractivity contribution in [2.45, 2.75) is 5.16 Å². The van der Waals surface area contributed by atoms with E-state index in [0.717, 1.165) is 11.0 Å². The molecule has 0 aliphatic heterocycles. The zero-order chi connectivity index (χ0) is 15.5. The van der Waals surface area contributed by atoms with Gasteiger partial charge in [0.1, 0.15) is 11.6 Å². The summed E-state index contributed by atoms with van der Waals surface area (Å²) in [5, 5.41) is 0.642. The molecule has 0 radical (unpaired) electrons. The number of nitrogens with zero attached hydrogens (tertiary/aromatic N) is 1. The number of para-hydroxylation sites is 2. The molecule has 0 amide bonds. The third kappa shape index (κ3) is 3.92. The van der Waals surface area contributed by atoms with Crippen molar-refractivity contribution >= 4 is 28.6 Å². The average molecular weight is 396 g/mol. The highest BCUT2D eigenvalue weighted by atomic mass is 79.9. The molecular formula is C16H13BrFN2O2S-. The summed E-state index contributed by atoms with van der Waals surface area (Å²) in [6.45, 7) is 0. The van der Waals surface area contributed by atoms with Gasteiger partial charge in [0.15, 0.2) is 10.9 Å². The number of Topliss-reactive ketones (excluding diaryl/α,β-unsaturated/α-hetero) is 1. The average Bonchev–Trinajstić information content (AvgIpc) is 2.95. The van der Waals surface area contributed by atoms with Crippen molar-refractivity contribution in [2.24, 2.45) is 0 Å². The Labute approximate surface area is 147 Å². The second kappa shape index (κ2) is 7.61. The van der Waals surface area contributed by atoms with Crippen LogP contribution in [0.4, 0.5) is 4.39 Å².